The highest BCUT2D eigenvalue weighted by Crippen LogP contribution is 2.43. The lowest BCUT2D eigenvalue weighted by Crippen LogP contribution is -2.49. The lowest BCUT2D eigenvalue weighted by Gasteiger charge is -2.38. The third-order valence-corrected chi connectivity index (χ3v) is 13.3. The molecule has 1 aromatic heterocycles. The number of aliphatic hydroxyl groups is 2. The summed E-state index contributed by atoms with van der Waals surface area (Å²) in [4.78, 5) is 56.2. The molecule has 2 saturated heterocycles. The molecule has 2 aliphatic heterocycles. The maximum atomic E-state index is 15.4. The van der Waals surface area contributed by atoms with Crippen LogP contribution in [0.25, 0.3) is 0 Å². The highest BCUT2D eigenvalue weighted by Gasteiger charge is 2.42. The maximum absolute atomic E-state index is 15.4. The van der Waals surface area contributed by atoms with Gasteiger partial charge in [-0.15, -0.1) is 0 Å². The number of nitrogens with zero attached hydrogens (tertiary/aromatic N) is 3. The van der Waals surface area contributed by atoms with E-state index >= 15 is 4.39 Å². The summed E-state index contributed by atoms with van der Waals surface area (Å²) in [6, 6.07) is 18.0. The van der Waals surface area contributed by atoms with E-state index in [4.69, 9.17) is 28.3 Å². The highest BCUT2D eigenvalue weighted by atomic mass is 35.5. The maximum Gasteiger partial charge on any atom is 0.326 e. The zero-order valence-electron chi connectivity index (χ0n) is 35.5. The van der Waals surface area contributed by atoms with Gasteiger partial charge in [0.05, 0.1) is 39.2 Å². The molecule has 2 unspecified atom stereocenters. The third-order valence-electron chi connectivity index (χ3n) is 11.2. The molecular formula is C45H52Cl2FN7O8S. The van der Waals surface area contributed by atoms with Crippen molar-refractivity contribution in [1.29, 1.82) is 0 Å². The first-order valence-electron chi connectivity index (χ1n) is 20.8. The molecule has 6 atom stereocenters. The van der Waals surface area contributed by atoms with E-state index in [1.807, 2.05) is 32.9 Å². The minimum atomic E-state index is -1.50. The number of aromatic nitrogens is 1. The Morgan fingerprint density at radius 2 is 1.28 bits per heavy atom. The zero-order valence-corrected chi connectivity index (χ0v) is 37.8. The molecule has 3 aromatic carbocycles. The number of nitrogens with one attached hydrogen (secondary N) is 4. The van der Waals surface area contributed by atoms with Gasteiger partial charge in [-0.05, 0) is 123 Å². The molecule has 7 N–H and O–H groups in total. The molecular weight excluding hydrogens is 889 g/mol. The van der Waals surface area contributed by atoms with E-state index < -0.39 is 75.3 Å². The molecule has 3 fully saturated rings. The molecule has 1 saturated carbocycles. The number of carboxylic acids is 1. The van der Waals surface area contributed by atoms with Gasteiger partial charge in [0.2, 0.25) is 5.91 Å². The number of likely N-dealkylation sites (tertiary alicyclic amines) is 2. The number of hydrogen-bond donors (Lipinski definition) is 7. The van der Waals surface area contributed by atoms with Crippen LogP contribution in [0.2, 0.25) is 10.0 Å². The SMILES string of the molecule is CC(C)(C)S(=O)NC(CCC1CC1)(c1ccncc1)c1ccc(F)c(NC(=O)[C@H]2C[C@@H](O)CN2C(=O)Nc2ccc(Cl)cc2)c1.O=C(O)[C@H]1C[C@@H](O)CN1C(=O)Nc1ccc(Cl)cc1. The van der Waals surface area contributed by atoms with Crippen LogP contribution in [0.4, 0.5) is 31.0 Å². The van der Waals surface area contributed by atoms with Crippen LogP contribution in [0.3, 0.4) is 0 Å². The molecule has 64 heavy (non-hydrogen) atoms. The summed E-state index contributed by atoms with van der Waals surface area (Å²) in [5, 5.41) is 37.9. The lowest BCUT2D eigenvalue weighted by atomic mass is 9.79. The molecule has 0 spiro atoms. The summed E-state index contributed by atoms with van der Waals surface area (Å²) in [6.07, 6.45) is 5.38. The zero-order chi connectivity index (χ0) is 46.3. The van der Waals surface area contributed by atoms with Crippen LogP contribution < -0.4 is 20.7 Å². The van der Waals surface area contributed by atoms with Crippen molar-refractivity contribution in [1.82, 2.24) is 19.5 Å². The number of carbonyl (C=O) groups excluding carboxylic acids is 3. The van der Waals surface area contributed by atoms with Crippen LogP contribution in [0, 0.1) is 11.7 Å². The molecule has 0 radical (unpaired) electrons. The van der Waals surface area contributed by atoms with Crippen molar-refractivity contribution in [3.8, 4) is 0 Å². The van der Waals surface area contributed by atoms with Gasteiger partial charge in [0, 0.05) is 59.7 Å². The van der Waals surface area contributed by atoms with Gasteiger partial charge in [-0.2, -0.15) is 0 Å². The predicted octanol–water partition coefficient (Wildman–Crippen LogP) is 7.36. The number of carbonyl (C=O) groups is 4. The predicted molar refractivity (Wildman–Crippen MR) is 244 cm³/mol. The number of halogens is 3. The van der Waals surface area contributed by atoms with Gasteiger partial charge in [-0.3, -0.25) is 9.78 Å². The standard InChI is InChI=1S/C33H39ClFN5O4S.C12H13ClN2O4/c1-32(2,3)45(44)39-33(15-12-21-4-5-21,22-13-16-36-17-14-22)23-6-11-27(35)28(18-23)38-30(42)29-19-26(41)20-40(29)31(43)37-25-9-7-24(34)8-10-25;13-7-1-3-8(4-2-7)14-12(19)15-6-9(16)5-10(15)11(17)18/h6-11,13-14,16-18,21,26,29,39,41H,4-5,12,15,19-20H2,1-3H3,(H,37,43)(H,38,42);1-4,9-10,16H,5-6H2,(H,14,19)(H,17,18)/t26-,29-,33?,45?;9-,10-/m11/s1. The first kappa shape index (κ1) is 48.3. The molecule has 1 aliphatic carbocycles. The van der Waals surface area contributed by atoms with Gasteiger partial charge in [0.25, 0.3) is 0 Å². The van der Waals surface area contributed by atoms with Crippen LogP contribution in [0.15, 0.2) is 91.3 Å². The van der Waals surface area contributed by atoms with Crippen LogP contribution in [0.5, 0.6) is 0 Å². The third kappa shape index (κ3) is 12.3. The van der Waals surface area contributed by atoms with Gasteiger partial charge in [0.1, 0.15) is 17.9 Å². The highest BCUT2D eigenvalue weighted by molar-refractivity contribution is 7.84. The number of rotatable bonds is 12. The fourth-order valence-corrected chi connectivity index (χ4v) is 8.73. The fraction of sp³-hybridized carbons (Fsp3) is 0.400. The van der Waals surface area contributed by atoms with Crippen molar-refractivity contribution in [2.24, 2.45) is 5.92 Å². The van der Waals surface area contributed by atoms with Gasteiger partial charge < -0.3 is 41.1 Å². The minimum absolute atomic E-state index is 0.00432. The van der Waals surface area contributed by atoms with Gasteiger partial charge >= 0.3 is 18.0 Å². The Kier molecular flexibility index (Phi) is 15.7. The number of anilines is 3. The lowest BCUT2D eigenvalue weighted by molar-refractivity contribution is -0.141. The molecule has 15 nitrogen and oxygen atoms in total. The van der Waals surface area contributed by atoms with E-state index in [1.165, 1.54) is 11.0 Å². The second-order valence-corrected chi connectivity index (χ2v) is 20.0. The van der Waals surface area contributed by atoms with Gasteiger partial charge in [-0.25, -0.2) is 27.7 Å². The Morgan fingerprint density at radius 3 is 1.78 bits per heavy atom. The number of pyridine rings is 1. The van der Waals surface area contributed by atoms with Crippen molar-refractivity contribution in [3.63, 3.8) is 0 Å². The summed E-state index contributed by atoms with van der Waals surface area (Å²) >= 11 is 11.7. The summed E-state index contributed by atoms with van der Waals surface area (Å²) in [5.74, 6) is -1.85. The number of carboxylic acid groups (broad SMARTS) is 1. The van der Waals surface area contributed by atoms with E-state index in [0.29, 0.717) is 39.3 Å². The molecule has 3 heterocycles. The van der Waals surface area contributed by atoms with Crippen molar-refractivity contribution >= 4 is 75.2 Å². The molecule has 342 valence electrons. The number of benzene rings is 3. The smallest absolute Gasteiger partial charge is 0.326 e. The van der Waals surface area contributed by atoms with Crippen LogP contribution >= 0.6 is 23.2 Å². The summed E-state index contributed by atoms with van der Waals surface area (Å²) in [6.45, 7) is 5.60. The van der Waals surface area contributed by atoms with E-state index in [1.54, 1.807) is 73.1 Å². The number of aliphatic carboxylic acids is 1. The Morgan fingerprint density at radius 1 is 0.766 bits per heavy atom. The fourth-order valence-electron chi connectivity index (χ4n) is 7.52. The van der Waals surface area contributed by atoms with E-state index in [-0.39, 0.29) is 31.6 Å². The van der Waals surface area contributed by atoms with Gasteiger partial charge in [-0.1, -0.05) is 42.1 Å². The van der Waals surface area contributed by atoms with Gasteiger partial charge in [0.15, 0.2) is 0 Å². The summed E-state index contributed by atoms with van der Waals surface area (Å²) in [5.41, 5.74) is 1.40. The van der Waals surface area contributed by atoms with E-state index in [0.717, 1.165) is 29.7 Å². The number of β-amino-alcohol motifs (C(OH)–C–C–N with tert-alkyl or cyclic N) is 2. The summed E-state index contributed by atoms with van der Waals surface area (Å²) < 4.78 is 31.8. The average molecular weight is 941 g/mol. The van der Waals surface area contributed by atoms with Crippen LogP contribution in [-0.2, 0) is 26.1 Å². The Labute approximate surface area is 383 Å². The van der Waals surface area contributed by atoms with E-state index in [2.05, 4.69) is 25.7 Å². The average Bonchev–Trinajstić information content (AvgIpc) is 3.87. The van der Waals surface area contributed by atoms with Crippen molar-refractivity contribution < 1.29 is 43.1 Å². The van der Waals surface area contributed by atoms with Crippen molar-refractivity contribution in [3.05, 3.63) is 118 Å². The molecule has 3 aliphatic rings. The van der Waals surface area contributed by atoms with Crippen molar-refractivity contribution in [2.75, 3.05) is 29.0 Å². The molecule has 5 amide bonds. The number of amides is 5. The molecule has 7 rings (SSSR count). The molecule has 19 heteroatoms. The Bertz CT molecular complexity index is 2320. The van der Waals surface area contributed by atoms with E-state index in [9.17, 15) is 33.6 Å². The normalized spacial score (nSPS) is 20.9. The second-order valence-electron chi connectivity index (χ2n) is 17.1. The molecule has 0 bridgehead atoms. The molecule has 4 aromatic rings. The quantitative estimate of drug-likeness (QED) is 0.0755. The first-order chi connectivity index (χ1) is 30.3. The van der Waals surface area contributed by atoms with Crippen molar-refractivity contribution in [2.45, 2.75) is 93.9 Å². The number of aliphatic hydroxyl groups excluding tert-OH is 2. The largest absolute Gasteiger partial charge is 0.480 e. The minimum Gasteiger partial charge on any atom is -0.480 e. The Hall–Kier alpha value is -5.17. The second kappa shape index (κ2) is 20.8. The number of urea groups is 2. The summed E-state index contributed by atoms with van der Waals surface area (Å²) in [7, 11) is -1.50. The Balaban J connectivity index is 0.000000298. The first-order valence-corrected chi connectivity index (χ1v) is 22.7. The van der Waals surface area contributed by atoms with Crippen LogP contribution in [0.1, 0.15) is 70.4 Å². The monoisotopic (exact) mass is 939 g/mol. The van der Waals surface area contributed by atoms with Crippen LogP contribution in [-0.4, -0.2) is 100 Å². The topological polar surface area (TPSA) is 214 Å². The number of hydrogen-bond acceptors (Lipinski definition) is 8.